The largest absolute Gasteiger partial charge is 0.507 e. The van der Waals surface area contributed by atoms with Gasteiger partial charge in [0.05, 0.1) is 0 Å². The van der Waals surface area contributed by atoms with Crippen LogP contribution in [0.2, 0.25) is 0 Å². The van der Waals surface area contributed by atoms with E-state index in [4.69, 9.17) is 4.42 Å². The lowest BCUT2D eigenvalue weighted by atomic mass is 10.1. The van der Waals surface area contributed by atoms with E-state index in [0.29, 0.717) is 16.5 Å². The molecule has 0 bridgehead atoms. The summed E-state index contributed by atoms with van der Waals surface area (Å²) in [6, 6.07) is 15.1. The second kappa shape index (κ2) is 5.69. The summed E-state index contributed by atoms with van der Waals surface area (Å²) in [4.78, 5) is 24.0. The highest BCUT2D eigenvalue weighted by atomic mass is 16.4. The summed E-state index contributed by atoms with van der Waals surface area (Å²) in [5.41, 5.74) is 0.228. The molecular formula is C18H12O4. The lowest BCUT2D eigenvalue weighted by molar-refractivity contribution is 0.104. The molecule has 0 fully saturated rings. The number of allylic oxidation sites excluding steroid dienone is 1. The highest BCUT2D eigenvalue weighted by molar-refractivity contribution is 6.07. The van der Waals surface area contributed by atoms with Gasteiger partial charge >= 0.3 is 5.63 Å². The minimum absolute atomic E-state index is 0.0367. The fourth-order valence-corrected chi connectivity index (χ4v) is 2.12. The van der Waals surface area contributed by atoms with Crippen molar-refractivity contribution < 1.29 is 14.3 Å². The van der Waals surface area contributed by atoms with Gasteiger partial charge < -0.3 is 9.52 Å². The smallest absolute Gasteiger partial charge is 0.347 e. The second-order valence-corrected chi connectivity index (χ2v) is 4.74. The van der Waals surface area contributed by atoms with Gasteiger partial charge in [0, 0.05) is 10.9 Å². The molecule has 108 valence electrons. The number of phenols is 1. The van der Waals surface area contributed by atoms with Crippen molar-refractivity contribution in [1.29, 1.82) is 0 Å². The van der Waals surface area contributed by atoms with E-state index >= 15 is 0 Å². The van der Waals surface area contributed by atoms with E-state index in [2.05, 4.69) is 0 Å². The summed E-state index contributed by atoms with van der Waals surface area (Å²) in [6.07, 6.45) is 2.71. The highest BCUT2D eigenvalue weighted by Crippen LogP contribution is 2.18. The molecule has 1 heterocycles. The predicted octanol–water partition coefficient (Wildman–Crippen LogP) is 3.39. The average Bonchev–Trinajstić information content (AvgIpc) is 2.53. The first-order chi connectivity index (χ1) is 10.6. The molecule has 0 aliphatic heterocycles. The first-order valence-electron chi connectivity index (χ1n) is 6.68. The predicted molar refractivity (Wildman–Crippen MR) is 84.0 cm³/mol. The maximum Gasteiger partial charge on any atom is 0.347 e. The third-order valence-electron chi connectivity index (χ3n) is 3.26. The molecule has 3 aromatic rings. The number of fused-ring (bicyclic) bond motifs is 1. The zero-order valence-electron chi connectivity index (χ0n) is 11.5. The molecule has 0 aliphatic carbocycles. The van der Waals surface area contributed by atoms with Crippen LogP contribution < -0.4 is 5.63 Å². The number of hydrogen-bond donors (Lipinski definition) is 1. The van der Waals surface area contributed by atoms with E-state index in [9.17, 15) is 14.7 Å². The van der Waals surface area contributed by atoms with Gasteiger partial charge in [0.2, 0.25) is 0 Å². The molecule has 0 radical (unpaired) electrons. The Morgan fingerprint density at radius 3 is 2.59 bits per heavy atom. The van der Waals surface area contributed by atoms with Gasteiger partial charge in [-0.2, -0.15) is 0 Å². The van der Waals surface area contributed by atoms with Gasteiger partial charge in [0.1, 0.15) is 16.9 Å². The van der Waals surface area contributed by atoms with Crippen LogP contribution in [0.1, 0.15) is 15.9 Å². The number of ketones is 1. The minimum atomic E-state index is -0.675. The molecule has 4 nitrogen and oxygen atoms in total. The zero-order valence-corrected chi connectivity index (χ0v) is 11.5. The Kier molecular flexibility index (Phi) is 3.58. The maximum absolute atomic E-state index is 12.2. The number of para-hydroxylation sites is 2. The van der Waals surface area contributed by atoms with Gasteiger partial charge in [-0.3, -0.25) is 4.79 Å². The molecule has 0 atom stereocenters. The number of carbonyl (C=O) groups excluding carboxylic acids is 1. The fraction of sp³-hybridized carbons (Fsp3) is 0. The molecule has 1 N–H and O–H groups in total. The number of phenolic OH excluding ortho intramolecular Hbond substituents is 1. The summed E-state index contributed by atoms with van der Waals surface area (Å²) < 4.78 is 5.13. The topological polar surface area (TPSA) is 67.5 Å². The Morgan fingerprint density at radius 2 is 1.77 bits per heavy atom. The fourth-order valence-electron chi connectivity index (χ4n) is 2.12. The third kappa shape index (κ3) is 2.67. The number of hydrogen-bond acceptors (Lipinski definition) is 4. The van der Waals surface area contributed by atoms with Crippen molar-refractivity contribution in [2.75, 3.05) is 0 Å². The van der Waals surface area contributed by atoms with E-state index in [-0.39, 0.29) is 11.3 Å². The van der Waals surface area contributed by atoms with Crippen molar-refractivity contribution >= 4 is 22.8 Å². The second-order valence-electron chi connectivity index (χ2n) is 4.74. The standard InChI is InChI=1S/C18H12O4/c19-15-7-3-1-5-12(15)9-10-16(20)14-11-13-6-2-4-8-17(13)22-18(14)21/h1-11,19H/b10-9+. The lowest BCUT2D eigenvalue weighted by Gasteiger charge is -1.99. The average molecular weight is 292 g/mol. The van der Waals surface area contributed by atoms with Crippen LogP contribution >= 0.6 is 0 Å². The summed E-state index contributed by atoms with van der Waals surface area (Å²) in [5.74, 6) is -0.403. The molecule has 0 saturated heterocycles. The van der Waals surface area contributed by atoms with Gasteiger partial charge in [-0.15, -0.1) is 0 Å². The molecule has 2 aromatic carbocycles. The molecular weight excluding hydrogens is 280 g/mol. The van der Waals surface area contributed by atoms with Crippen molar-refractivity contribution in [3.63, 3.8) is 0 Å². The van der Waals surface area contributed by atoms with Gasteiger partial charge in [0.25, 0.3) is 0 Å². The molecule has 0 saturated carbocycles. The zero-order chi connectivity index (χ0) is 15.5. The Labute approximate surface area is 125 Å². The minimum Gasteiger partial charge on any atom is -0.507 e. The van der Waals surface area contributed by atoms with E-state index in [1.165, 1.54) is 24.3 Å². The Hall–Kier alpha value is -3.14. The molecule has 4 heteroatoms. The number of rotatable bonds is 3. The van der Waals surface area contributed by atoms with Gasteiger partial charge in [-0.25, -0.2) is 4.79 Å². The number of benzene rings is 2. The summed E-state index contributed by atoms with van der Waals surface area (Å²) in [5, 5.41) is 10.3. The Balaban J connectivity index is 1.97. The highest BCUT2D eigenvalue weighted by Gasteiger charge is 2.11. The lowest BCUT2D eigenvalue weighted by Crippen LogP contribution is -2.11. The molecule has 0 spiro atoms. The SMILES string of the molecule is O=C(/C=C/c1ccccc1O)c1cc2ccccc2oc1=O. The monoisotopic (exact) mass is 292 g/mol. The maximum atomic E-state index is 12.2. The van der Waals surface area contributed by atoms with Crippen LogP contribution in [0.15, 0.2) is 69.9 Å². The molecule has 22 heavy (non-hydrogen) atoms. The van der Waals surface area contributed by atoms with Crippen LogP contribution in [-0.4, -0.2) is 10.9 Å². The van der Waals surface area contributed by atoms with Gasteiger partial charge in [-0.05, 0) is 30.4 Å². The quantitative estimate of drug-likeness (QED) is 0.456. The van der Waals surface area contributed by atoms with Crippen molar-refractivity contribution in [2.24, 2.45) is 0 Å². The molecule has 3 rings (SSSR count). The van der Waals surface area contributed by atoms with Crippen molar-refractivity contribution in [2.45, 2.75) is 0 Å². The van der Waals surface area contributed by atoms with Crippen molar-refractivity contribution in [1.82, 2.24) is 0 Å². The van der Waals surface area contributed by atoms with E-state index in [0.717, 1.165) is 0 Å². The van der Waals surface area contributed by atoms with Crippen LogP contribution in [0.5, 0.6) is 5.75 Å². The normalized spacial score (nSPS) is 11.1. The number of aromatic hydroxyl groups is 1. The molecule has 0 aliphatic rings. The number of carbonyl (C=O) groups is 1. The summed E-state index contributed by atoms with van der Waals surface area (Å²) in [7, 11) is 0. The molecule has 0 unspecified atom stereocenters. The van der Waals surface area contributed by atoms with Crippen LogP contribution in [0.4, 0.5) is 0 Å². The van der Waals surface area contributed by atoms with Crippen LogP contribution in [0, 0.1) is 0 Å². The van der Waals surface area contributed by atoms with Crippen LogP contribution in [-0.2, 0) is 0 Å². The van der Waals surface area contributed by atoms with Crippen molar-refractivity contribution in [3.8, 4) is 5.75 Å². The molecule has 1 aromatic heterocycles. The Morgan fingerprint density at radius 1 is 1.05 bits per heavy atom. The van der Waals surface area contributed by atoms with Gasteiger partial charge in [-0.1, -0.05) is 36.4 Å². The molecule has 0 amide bonds. The van der Waals surface area contributed by atoms with Crippen LogP contribution in [0.25, 0.3) is 17.0 Å². The first kappa shape index (κ1) is 13.8. The van der Waals surface area contributed by atoms with Crippen molar-refractivity contribution in [3.05, 3.63) is 82.2 Å². The Bertz CT molecular complexity index is 935. The van der Waals surface area contributed by atoms with E-state index in [1.807, 2.05) is 0 Å². The van der Waals surface area contributed by atoms with E-state index in [1.54, 1.807) is 42.5 Å². The third-order valence-corrected chi connectivity index (χ3v) is 3.26. The van der Waals surface area contributed by atoms with Gasteiger partial charge in [0.15, 0.2) is 5.78 Å². The summed E-state index contributed by atoms with van der Waals surface area (Å²) in [6.45, 7) is 0. The van der Waals surface area contributed by atoms with Crippen LogP contribution in [0.3, 0.4) is 0 Å². The van der Waals surface area contributed by atoms with E-state index < -0.39 is 11.4 Å². The first-order valence-corrected chi connectivity index (χ1v) is 6.68. The summed E-state index contributed by atoms with van der Waals surface area (Å²) >= 11 is 0.